The quantitative estimate of drug-likeness (QED) is 0.749. The van der Waals surface area contributed by atoms with Gasteiger partial charge in [0.05, 0.1) is 11.3 Å². The van der Waals surface area contributed by atoms with E-state index in [9.17, 15) is 9.59 Å². The van der Waals surface area contributed by atoms with Gasteiger partial charge in [-0.2, -0.15) is 0 Å². The van der Waals surface area contributed by atoms with Gasteiger partial charge >= 0.3 is 5.97 Å². The van der Waals surface area contributed by atoms with E-state index in [0.717, 1.165) is 0 Å². The van der Waals surface area contributed by atoms with Crippen molar-refractivity contribution < 1.29 is 19.1 Å². The summed E-state index contributed by atoms with van der Waals surface area (Å²) < 4.78 is 4.92. The zero-order chi connectivity index (χ0) is 14.0. The van der Waals surface area contributed by atoms with Crippen molar-refractivity contribution >= 4 is 34.9 Å². The minimum Gasteiger partial charge on any atom is -0.478 e. The Morgan fingerprint density at radius 3 is 2.58 bits per heavy atom. The number of hydrogen-bond donors (Lipinski definition) is 3. The van der Waals surface area contributed by atoms with E-state index < -0.39 is 11.9 Å². The Morgan fingerprint density at radius 1 is 1.26 bits per heavy atom. The van der Waals surface area contributed by atoms with E-state index in [4.69, 9.17) is 26.9 Å². The minimum absolute atomic E-state index is 0.0243. The predicted molar refractivity (Wildman–Crippen MR) is 69.5 cm³/mol. The summed E-state index contributed by atoms with van der Waals surface area (Å²) in [6, 6.07) is 6.88. The lowest BCUT2D eigenvalue weighted by molar-refractivity contribution is 0.0698. The summed E-state index contributed by atoms with van der Waals surface area (Å²) in [6.07, 6.45) is 0. The number of aromatic carboxylic acids is 1. The molecule has 0 aliphatic heterocycles. The number of carboxylic acids is 1. The van der Waals surface area contributed by atoms with Gasteiger partial charge < -0.3 is 20.6 Å². The molecule has 0 fully saturated rings. The maximum atomic E-state index is 11.8. The average Bonchev–Trinajstić information content (AvgIpc) is 2.75. The number of halogens is 1. The van der Waals surface area contributed by atoms with Gasteiger partial charge in [-0.1, -0.05) is 0 Å². The summed E-state index contributed by atoms with van der Waals surface area (Å²) in [4.78, 5) is 22.8. The number of carbonyl (C=O) groups is 2. The Kier molecular flexibility index (Phi) is 3.43. The topological polar surface area (TPSA) is 106 Å². The summed E-state index contributed by atoms with van der Waals surface area (Å²) >= 11 is 5.55. The Balaban J connectivity index is 2.30. The van der Waals surface area contributed by atoms with E-state index in [-0.39, 0.29) is 22.2 Å². The van der Waals surface area contributed by atoms with Crippen LogP contribution in [0, 0.1) is 0 Å². The summed E-state index contributed by atoms with van der Waals surface area (Å²) in [5, 5.41) is 11.5. The van der Waals surface area contributed by atoms with Crippen LogP contribution in [0.1, 0.15) is 20.9 Å². The van der Waals surface area contributed by atoms with Crippen molar-refractivity contribution in [3.05, 3.63) is 46.9 Å². The molecule has 0 unspecified atom stereocenters. The molecule has 1 amide bonds. The molecule has 4 N–H and O–H groups in total. The van der Waals surface area contributed by atoms with Crippen LogP contribution in [0.4, 0.5) is 11.4 Å². The number of carbonyl (C=O) groups excluding carboxylic acids is 1. The first-order chi connectivity index (χ1) is 8.97. The monoisotopic (exact) mass is 280 g/mol. The number of carboxylic acid groups (broad SMARTS) is 1. The molecule has 0 saturated carbocycles. The van der Waals surface area contributed by atoms with E-state index in [1.165, 1.54) is 30.3 Å². The van der Waals surface area contributed by atoms with Gasteiger partial charge in [-0.25, -0.2) is 4.79 Å². The Morgan fingerprint density at radius 2 is 2.00 bits per heavy atom. The number of amides is 1. The smallest absolute Gasteiger partial charge is 0.337 e. The number of nitrogens with two attached hydrogens (primary N) is 1. The van der Waals surface area contributed by atoms with E-state index in [1.807, 2.05) is 0 Å². The number of furan rings is 1. The SMILES string of the molecule is Nc1ccc(C(=O)O)c(NC(=O)c2ccc(Cl)o2)c1. The van der Waals surface area contributed by atoms with Crippen LogP contribution in [-0.4, -0.2) is 17.0 Å². The highest BCUT2D eigenvalue weighted by molar-refractivity contribution is 6.29. The van der Waals surface area contributed by atoms with Gasteiger partial charge in [-0.15, -0.1) is 0 Å². The Hall–Kier alpha value is -2.47. The number of rotatable bonds is 3. The van der Waals surface area contributed by atoms with Crippen molar-refractivity contribution in [2.45, 2.75) is 0 Å². The lowest BCUT2D eigenvalue weighted by Gasteiger charge is -2.08. The highest BCUT2D eigenvalue weighted by Crippen LogP contribution is 2.21. The zero-order valence-electron chi connectivity index (χ0n) is 9.51. The first-order valence-corrected chi connectivity index (χ1v) is 5.54. The van der Waals surface area contributed by atoms with E-state index in [1.54, 1.807) is 0 Å². The van der Waals surface area contributed by atoms with E-state index >= 15 is 0 Å². The van der Waals surface area contributed by atoms with Gasteiger partial charge in [-0.05, 0) is 41.9 Å². The lowest BCUT2D eigenvalue weighted by atomic mass is 10.1. The Labute approximate surface area is 112 Å². The second-order valence-electron chi connectivity index (χ2n) is 3.67. The largest absolute Gasteiger partial charge is 0.478 e. The summed E-state index contributed by atoms with van der Waals surface area (Å²) in [7, 11) is 0. The van der Waals surface area contributed by atoms with Crippen LogP contribution >= 0.6 is 11.6 Å². The van der Waals surface area contributed by atoms with Gasteiger partial charge in [0.1, 0.15) is 0 Å². The second kappa shape index (κ2) is 5.03. The molecule has 6 nitrogen and oxygen atoms in total. The summed E-state index contributed by atoms with van der Waals surface area (Å²) in [6.45, 7) is 0. The van der Waals surface area contributed by atoms with Gasteiger partial charge in [-0.3, -0.25) is 4.79 Å². The normalized spacial score (nSPS) is 10.2. The zero-order valence-corrected chi connectivity index (χ0v) is 10.3. The number of hydrogen-bond acceptors (Lipinski definition) is 4. The third-order valence-electron chi connectivity index (χ3n) is 2.32. The van der Waals surface area contributed by atoms with Crippen molar-refractivity contribution in [2.24, 2.45) is 0 Å². The minimum atomic E-state index is -1.17. The van der Waals surface area contributed by atoms with Crippen LogP contribution in [0.5, 0.6) is 0 Å². The molecule has 0 bridgehead atoms. The standard InChI is InChI=1S/C12H9ClN2O4/c13-10-4-3-9(19-10)11(16)15-8-5-6(14)1-2-7(8)12(17)18/h1-5H,14H2,(H,15,16)(H,17,18). The molecule has 1 aromatic carbocycles. The molecule has 2 rings (SSSR count). The van der Waals surface area contributed by atoms with Gasteiger partial charge in [0.2, 0.25) is 0 Å². The third kappa shape index (κ3) is 2.86. The van der Waals surface area contributed by atoms with Gasteiger partial charge in [0.25, 0.3) is 5.91 Å². The molecule has 7 heteroatoms. The molecule has 0 saturated heterocycles. The van der Waals surface area contributed by atoms with Crippen LogP contribution < -0.4 is 11.1 Å². The number of benzene rings is 1. The molecular weight excluding hydrogens is 272 g/mol. The van der Waals surface area contributed by atoms with Crippen LogP contribution in [0.25, 0.3) is 0 Å². The first-order valence-electron chi connectivity index (χ1n) is 5.17. The molecule has 0 spiro atoms. The predicted octanol–water partition coefficient (Wildman–Crippen LogP) is 2.47. The highest BCUT2D eigenvalue weighted by atomic mass is 35.5. The molecule has 2 aromatic rings. The van der Waals surface area contributed by atoms with Crippen LogP contribution in [0.3, 0.4) is 0 Å². The molecule has 0 aliphatic rings. The molecule has 0 radical (unpaired) electrons. The lowest BCUT2D eigenvalue weighted by Crippen LogP contribution is -2.14. The average molecular weight is 281 g/mol. The van der Waals surface area contributed by atoms with Crippen LogP contribution in [0.2, 0.25) is 5.22 Å². The fraction of sp³-hybridized carbons (Fsp3) is 0. The van der Waals surface area contributed by atoms with Crippen molar-refractivity contribution in [2.75, 3.05) is 11.1 Å². The number of nitrogen functional groups attached to an aromatic ring is 1. The van der Waals surface area contributed by atoms with E-state index in [0.29, 0.717) is 5.69 Å². The van der Waals surface area contributed by atoms with Crippen molar-refractivity contribution in [3.8, 4) is 0 Å². The summed E-state index contributed by atoms with van der Waals surface area (Å²) in [5.41, 5.74) is 5.91. The molecule has 1 heterocycles. The Bertz CT molecular complexity index is 651. The first kappa shape index (κ1) is 13.0. The van der Waals surface area contributed by atoms with Gasteiger partial charge in [0, 0.05) is 5.69 Å². The van der Waals surface area contributed by atoms with Crippen LogP contribution in [0.15, 0.2) is 34.7 Å². The fourth-order valence-corrected chi connectivity index (χ4v) is 1.62. The number of nitrogens with one attached hydrogen (secondary N) is 1. The maximum Gasteiger partial charge on any atom is 0.337 e. The molecule has 19 heavy (non-hydrogen) atoms. The van der Waals surface area contributed by atoms with Crippen molar-refractivity contribution in [3.63, 3.8) is 0 Å². The van der Waals surface area contributed by atoms with Gasteiger partial charge in [0.15, 0.2) is 11.0 Å². The molecule has 0 atom stereocenters. The van der Waals surface area contributed by atoms with Crippen molar-refractivity contribution in [1.82, 2.24) is 0 Å². The van der Waals surface area contributed by atoms with Crippen LogP contribution in [-0.2, 0) is 0 Å². The second-order valence-corrected chi connectivity index (χ2v) is 4.04. The third-order valence-corrected chi connectivity index (χ3v) is 2.52. The molecule has 98 valence electrons. The summed E-state index contributed by atoms with van der Waals surface area (Å²) in [5.74, 6) is -1.81. The number of anilines is 2. The molecule has 0 aliphatic carbocycles. The highest BCUT2D eigenvalue weighted by Gasteiger charge is 2.16. The molecule has 1 aromatic heterocycles. The van der Waals surface area contributed by atoms with E-state index in [2.05, 4.69) is 5.32 Å². The maximum absolute atomic E-state index is 11.8. The van der Waals surface area contributed by atoms with Crippen molar-refractivity contribution in [1.29, 1.82) is 0 Å². The molecular formula is C12H9ClN2O4. The fourth-order valence-electron chi connectivity index (χ4n) is 1.47.